The van der Waals surface area contributed by atoms with E-state index in [0.717, 1.165) is 11.3 Å². The molecule has 0 aromatic heterocycles. The largest absolute Gasteiger partial charge is 0.382 e. The van der Waals surface area contributed by atoms with Gasteiger partial charge in [-0.05, 0) is 62.2 Å². The minimum Gasteiger partial charge on any atom is -0.382 e. The zero-order valence-electron chi connectivity index (χ0n) is 17.6. The van der Waals surface area contributed by atoms with Crippen molar-refractivity contribution in [2.75, 3.05) is 25.1 Å². The summed E-state index contributed by atoms with van der Waals surface area (Å²) in [5.41, 5.74) is 2.33. The van der Waals surface area contributed by atoms with Crippen molar-refractivity contribution in [1.29, 1.82) is 0 Å². The molecule has 1 N–H and O–H groups in total. The summed E-state index contributed by atoms with van der Waals surface area (Å²) in [5, 5.41) is 2.74. The number of carbonyl (C=O) groups excluding carboxylic acids is 2. The van der Waals surface area contributed by atoms with E-state index in [4.69, 9.17) is 4.74 Å². The van der Waals surface area contributed by atoms with Gasteiger partial charge in [-0.2, -0.15) is 0 Å². The third kappa shape index (κ3) is 6.63. The summed E-state index contributed by atoms with van der Waals surface area (Å²) in [6.45, 7) is 5.57. The summed E-state index contributed by atoms with van der Waals surface area (Å²) in [4.78, 5) is 31.8. The molecule has 0 saturated carbocycles. The maximum absolute atomic E-state index is 13.1. The van der Waals surface area contributed by atoms with Gasteiger partial charge in [-0.1, -0.05) is 23.9 Å². The van der Waals surface area contributed by atoms with Gasteiger partial charge in [-0.15, -0.1) is 0 Å². The van der Waals surface area contributed by atoms with Gasteiger partial charge >= 0.3 is 0 Å². The van der Waals surface area contributed by atoms with Gasteiger partial charge in [0.05, 0.1) is 5.69 Å². The number of nitrogens with one attached hydrogen (secondary N) is 1. The van der Waals surface area contributed by atoms with Gasteiger partial charge in [-0.25, -0.2) is 9.38 Å². The lowest BCUT2D eigenvalue weighted by atomic mass is 10.2. The molecule has 0 bridgehead atoms. The number of anilines is 1. The van der Waals surface area contributed by atoms with E-state index in [-0.39, 0.29) is 24.1 Å². The molecule has 6 nitrogen and oxygen atoms in total. The molecule has 0 aliphatic carbocycles. The number of hydrogen-bond donors (Lipinski definition) is 1. The summed E-state index contributed by atoms with van der Waals surface area (Å²) in [7, 11) is 0. The number of carbonyl (C=O) groups is 2. The zero-order valence-corrected chi connectivity index (χ0v) is 18.5. The summed E-state index contributed by atoms with van der Waals surface area (Å²) in [5.74, 6) is -0.815. The second-order valence-corrected chi connectivity index (χ2v) is 8.31. The number of halogens is 1. The first-order chi connectivity index (χ1) is 15.0. The molecule has 2 aromatic carbocycles. The van der Waals surface area contributed by atoms with Crippen molar-refractivity contribution in [3.63, 3.8) is 0 Å². The molecular formula is C23H26FN3O3S. The fourth-order valence-corrected chi connectivity index (χ4v) is 4.31. The lowest BCUT2D eigenvalue weighted by Gasteiger charge is -2.16. The van der Waals surface area contributed by atoms with E-state index in [1.807, 2.05) is 38.1 Å². The van der Waals surface area contributed by atoms with Crippen molar-refractivity contribution >= 4 is 40.1 Å². The fourth-order valence-electron chi connectivity index (χ4n) is 3.12. The highest BCUT2D eigenvalue weighted by molar-refractivity contribution is 8.15. The van der Waals surface area contributed by atoms with Crippen LogP contribution < -0.4 is 5.32 Å². The van der Waals surface area contributed by atoms with Crippen LogP contribution in [0.1, 0.15) is 25.3 Å². The standard InChI is InChI=1S/C23H26FN3O3S/c1-3-30-13-5-12-27-22(29)20(15-21(28)25-18-10-8-17(24)9-11-18)31-23(27)26-19-7-4-6-16(2)14-19/h4,6-11,14,20H,3,5,12-13,15H2,1-2H3,(H,25,28). The van der Waals surface area contributed by atoms with Crippen LogP contribution in [-0.4, -0.2) is 46.9 Å². The van der Waals surface area contributed by atoms with Gasteiger partial charge in [-0.3, -0.25) is 14.5 Å². The van der Waals surface area contributed by atoms with Crippen LogP contribution in [0.15, 0.2) is 53.5 Å². The number of hydrogen-bond acceptors (Lipinski definition) is 5. The van der Waals surface area contributed by atoms with Crippen LogP contribution in [0.3, 0.4) is 0 Å². The molecule has 1 aliphatic rings. The van der Waals surface area contributed by atoms with Crippen LogP contribution in [0.2, 0.25) is 0 Å². The van der Waals surface area contributed by atoms with E-state index in [1.54, 1.807) is 4.90 Å². The number of thioether (sulfide) groups is 1. The highest BCUT2D eigenvalue weighted by atomic mass is 32.2. The third-order valence-electron chi connectivity index (χ3n) is 4.62. The first-order valence-corrected chi connectivity index (χ1v) is 11.1. The summed E-state index contributed by atoms with van der Waals surface area (Å²) in [6.07, 6.45) is 0.692. The van der Waals surface area contributed by atoms with Gasteiger partial charge in [0.1, 0.15) is 11.1 Å². The number of amides is 2. The molecule has 1 unspecified atom stereocenters. The van der Waals surface area contributed by atoms with E-state index >= 15 is 0 Å². The lowest BCUT2D eigenvalue weighted by molar-refractivity contribution is -0.128. The lowest BCUT2D eigenvalue weighted by Crippen LogP contribution is -2.34. The van der Waals surface area contributed by atoms with E-state index in [9.17, 15) is 14.0 Å². The minimum absolute atomic E-state index is 0.00960. The highest BCUT2D eigenvalue weighted by Gasteiger charge is 2.38. The summed E-state index contributed by atoms with van der Waals surface area (Å²) >= 11 is 1.30. The van der Waals surface area contributed by atoms with Crippen LogP contribution in [0.5, 0.6) is 0 Å². The predicted molar refractivity (Wildman–Crippen MR) is 122 cm³/mol. The Morgan fingerprint density at radius 3 is 2.74 bits per heavy atom. The molecule has 1 fully saturated rings. The Balaban J connectivity index is 1.71. The second kappa shape index (κ2) is 11.1. The number of ether oxygens (including phenoxy) is 1. The Morgan fingerprint density at radius 2 is 2.03 bits per heavy atom. The number of nitrogens with zero attached hydrogens (tertiary/aromatic N) is 2. The van der Waals surface area contributed by atoms with E-state index < -0.39 is 5.25 Å². The zero-order chi connectivity index (χ0) is 22.2. The number of rotatable bonds is 9. The maximum atomic E-state index is 13.1. The average molecular weight is 444 g/mol. The Kier molecular flexibility index (Phi) is 8.20. The second-order valence-electron chi connectivity index (χ2n) is 7.14. The molecule has 1 saturated heterocycles. The van der Waals surface area contributed by atoms with Crippen LogP contribution in [0.25, 0.3) is 0 Å². The van der Waals surface area contributed by atoms with Crippen molar-refractivity contribution in [2.24, 2.45) is 4.99 Å². The first kappa shape index (κ1) is 23.0. The Bertz CT molecular complexity index is 949. The quantitative estimate of drug-likeness (QED) is 0.579. The van der Waals surface area contributed by atoms with Crippen molar-refractivity contribution in [2.45, 2.75) is 31.9 Å². The number of aliphatic imine (C=N–C) groups is 1. The number of amidine groups is 1. The Morgan fingerprint density at radius 1 is 1.26 bits per heavy atom. The molecule has 2 amide bonds. The van der Waals surface area contributed by atoms with Crippen LogP contribution >= 0.6 is 11.8 Å². The summed E-state index contributed by atoms with van der Waals surface area (Å²) in [6, 6.07) is 13.3. The normalized spacial score (nSPS) is 17.4. The smallest absolute Gasteiger partial charge is 0.242 e. The van der Waals surface area contributed by atoms with Crippen molar-refractivity contribution in [3.05, 3.63) is 59.9 Å². The SMILES string of the molecule is CCOCCCN1C(=O)C(CC(=O)Nc2ccc(F)cc2)SC1=Nc1cccc(C)c1. The molecule has 1 aliphatic heterocycles. The van der Waals surface area contributed by atoms with Crippen LogP contribution in [-0.2, 0) is 14.3 Å². The van der Waals surface area contributed by atoms with Gasteiger partial charge in [0, 0.05) is 31.9 Å². The third-order valence-corrected chi connectivity index (χ3v) is 5.80. The van der Waals surface area contributed by atoms with E-state index in [1.165, 1.54) is 36.0 Å². The fraction of sp³-hybridized carbons (Fsp3) is 0.348. The molecule has 3 rings (SSSR count). The molecule has 0 spiro atoms. The van der Waals surface area contributed by atoms with E-state index in [0.29, 0.717) is 37.0 Å². The molecule has 8 heteroatoms. The minimum atomic E-state index is -0.559. The highest BCUT2D eigenvalue weighted by Crippen LogP contribution is 2.32. The molecule has 164 valence electrons. The summed E-state index contributed by atoms with van der Waals surface area (Å²) < 4.78 is 18.4. The van der Waals surface area contributed by atoms with Crippen molar-refractivity contribution < 1.29 is 18.7 Å². The van der Waals surface area contributed by atoms with Gasteiger partial charge < -0.3 is 10.1 Å². The average Bonchev–Trinajstić information content (AvgIpc) is 3.01. The Hall–Kier alpha value is -2.71. The number of aryl methyl sites for hydroxylation is 1. The van der Waals surface area contributed by atoms with E-state index in [2.05, 4.69) is 10.3 Å². The van der Waals surface area contributed by atoms with Gasteiger partial charge in [0.25, 0.3) is 0 Å². The first-order valence-electron chi connectivity index (χ1n) is 10.2. The van der Waals surface area contributed by atoms with Crippen molar-refractivity contribution in [3.8, 4) is 0 Å². The molecule has 31 heavy (non-hydrogen) atoms. The molecule has 2 aromatic rings. The predicted octanol–water partition coefficient (Wildman–Crippen LogP) is 4.52. The molecule has 0 radical (unpaired) electrons. The monoisotopic (exact) mass is 443 g/mol. The molecule has 1 atom stereocenters. The molecule has 1 heterocycles. The van der Waals surface area contributed by atoms with Gasteiger partial charge in [0.2, 0.25) is 11.8 Å². The van der Waals surface area contributed by atoms with Crippen molar-refractivity contribution in [1.82, 2.24) is 4.90 Å². The number of benzene rings is 2. The Labute approximate surface area is 185 Å². The maximum Gasteiger partial charge on any atom is 0.242 e. The molecular weight excluding hydrogens is 417 g/mol. The van der Waals surface area contributed by atoms with Gasteiger partial charge in [0.15, 0.2) is 5.17 Å². The van der Waals surface area contributed by atoms with Crippen LogP contribution in [0.4, 0.5) is 15.8 Å². The topological polar surface area (TPSA) is 71.0 Å². The van der Waals surface area contributed by atoms with Crippen LogP contribution in [0, 0.1) is 12.7 Å².